The van der Waals surface area contributed by atoms with Crippen molar-refractivity contribution in [1.29, 1.82) is 0 Å². The fourth-order valence-electron chi connectivity index (χ4n) is 4.74. The molecule has 166 valence electrons. The number of nitrogens with one attached hydrogen (secondary N) is 1. The topological polar surface area (TPSA) is 29.1 Å². The molecule has 0 spiro atoms. The number of halogens is 2. The van der Waals surface area contributed by atoms with Crippen LogP contribution < -0.4 is 5.32 Å². The van der Waals surface area contributed by atoms with Crippen LogP contribution in [0, 0.1) is 5.41 Å². The van der Waals surface area contributed by atoms with Gasteiger partial charge in [0.1, 0.15) is 0 Å². The number of fused-ring (bicyclic) bond motifs is 1. The average molecular weight is 466 g/mol. The van der Waals surface area contributed by atoms with Gasteiger partial charge in [-0.2, -0.15) is 0 Å². The summed E-state index contributed by atoms with van der Waals surface area (Å²) >= 11 is 12.2. The van der Waals surface area contributed by atoms with Crippen molar-refractivity contribution in [3.05, 3.63) is 105 Å². The molecule has 1 aliphatic carbocycles. The molecule has 3 atom stereocenters. The molecule has 0 saturated carbocycles. The Kier molecular flexibility index (Phi) is 6.93. The number of benzene rings is 3. The Morgan fingerprint density at radius 2 is 1.53 bits per heavy atom. The highest BCUT2D eigenvalue weighted by Gasteiger charge is 2.38. The zero-order valence-electron chi connectivity index (χ0n) is 18.6. The number of carbonyl (C=O) groups excluding carboxylic acids is 1. The Morgan fingerprint density at radius 3 is 2.19 bits per heavy atom. The molecule has 3 aromatic rings. The molecule has 3 aromatic carbocycles. The van der Waals surface area contributed by atoms with Gasteiger partial charge in [0.15, 0.2) is 0 Å². The third-order valence-electron chi connectivity index (χ3n) is 6.82. The molecule has 1 N–H and O–H groups in total. The van der Waals surface area contributed by atoms with Crippen LogP contribution >= 0.6 is 23.2 Å². The van der Waals surface area contributed by atoms with Gasteiger partial charge in [-0.1, -0.05) is 78.7 Å². The summed E-state index contributed by atoms with van der Waals surface area (Å²) in [6, 6.07) is 24.3. The van der Waals surface area contributed by atoms with E-state index < -0.39 is 5.41 Å². The Morgan fingerprint density at radius 1 is 0.938 bits per heavy atom. The Labute approximate surface area is 201 Å². The second kappa shape index (κ2) is 9.68. The van der Waals surface area contributed by atoms with Crippen molar-refractivity contribution in [2.45, 2.75) is 51.5 Å². The fraction of sp³-hybridized carbons (Fsp3) is 0.321. The van der Waals surface area contributed by atoms with E-state index in [4.69, 9.17) is 23.2 Å². The van der Waals surface area contributed by atoms with Gasteiger partial charge in [0.2, 0.25) is 5.91 Å². The first-order valence-electron chi connectivity index (χ1n) is 11.2. The van der Waals surface area contributed by atoms with E-state index in [0.29, 0.717) is 5.02 Å². The molecule has 4 heteroatoms. The molecule has 2 nitrogen and oxygen atoms in total. The predicted molar refractivity (Wildman–Crippen MR) is 134 cm³/mol. The van der Waals surface area contributed by atoms with Gasteiger partial charge >= 0.3 is 0 Å². The van der Waals surface area contributed by atoms with Gasteiger partial charge in [-0.15, -0.1) is 0 Å². The highest BCUT2D eigenvalue weighted by molar-refractivity contribution is 6.30. The monoisotopic (exact) mass is 465 g/mol. The van der Waals surface area contributed by atoms with E-state index in [0.717, 1.165) is 36.3 Å². The number of carbonyl (C=O) groups is 1. The van der Waals surface area contributed by atoms with E-state index in [-0.39, 0.29) is 17.9 Å². The number of hydrogen-bond donors (Lipinski definition) is 1. The van der Waals surface area contributed by atoms with Crippen molar-refractivity contribution in [2.24, 2.45) is 5.41 Å². The molecule has 0 saturated heterocycles. The summed E-state index contributed by atoms with van der Waals surface area (Å²) in [5.74, 6) is 0.256. The van der Waals surface area contributed by atoms with Crippen molar-refractivity contribution < 1.29 is 4.79 Å². The molecule has 1 aliphatic rings. The van der Waals surface area contributed by atoms with Crippen molar-refractivity contribution in [1.82, 2.24) is 5.32 Å². The van der Waals surface area contributed by atoms with E-state index in [1.807, 2.05) is 24.3 Å². The van der Waals surface area contributed by atoms with E-state index in [1.165, 1.54) is 16.7 Å². The number of hydrogen-bond acceptors (Lipinski definition) is 1. The largest absolute Gasteiger partial charge is 0.353 e. The van der Waals surface area contributed by atoms with Gasteiger partial charge < -0.3 is 5.32 Å². The molecular formula is C28H29Cl2NO. The van der Waals surface area contributed by atoms with Gasteiger partial charge in [-0.3, -0.25) is 4.79 Å². The van der Waals surface area contributed by atoms with Crippen molar-refractivity contribution in [3.8, 4) is 0 Å². The second-order valence-corrected chi connectivity index (χ2v) is 10.1. The van der Waals surface area contributed by atoms with Crippen LogP contribution in [0.25, 0.3) is 0 Å². The lowest BCUT2D eigenvalue weighted by Crippen LogP contribution is -2.47. The molecule has 0 radical (unpaired) electrons. The molecule has 4 rings (SSSR count). The molecule has 3 unspecified atom stereocenters. The summed E-state index contributed by atoms with van der Waals surface area (Å²) in [7, 11) is 0. The van der Waals surface area contributed by atoms with Crippen LogP contribution in [0.4, 0.5) is 0 Å². The van der Waals surface area contributed by atoms with Crippen LogP contribution in [-0.4, -0.2) is 11.9 Å². The zero-order chi connectivity index (χ0) is 22.7. The fourth-order valence-corrected chi connectivity index (χ4v) is 4.99. The summed E-state index contributed by atoms with van der Waals surface area (Å²) in [6.07, 6.45) is 3.40. The third kappa shape index (κ3) is 5.19. The highest BCUT2D eigenvalue weighted by atomic mass is 35.5. The summed E-state index contributed by atoms with van der Waals surface area (Å²) < 4.78 is 0. The molecule has 0 aromatic heterocycles. The molecule has 1 amide bonds. The molecular weight excluding hydrogens is 437 g/mol. The quantitative estimate of drug-likeness (QED) is 0.416. The molecule has 0 aliphatic heterocycles. The van der Waals surface area contributed by atoms with E-state index in [9.17, 15) is 4.79 Å². The molecule has 32 heavy (non-hydrogen) atoms. The maximum Gasteiger partial charge on any atom is 0.226 e. The van der Waals surface area contributed by atoms with E-state index in [2.05, 4.69) is 67.7 Å². The predicted octanol–water partition coefficient (Wildman–Crippen LogP) is 7.02. The normalized spacial score (nSPS) is 19.6. The van der Waals surface area contributed by atoms with Gasteiger partial charge in [0.25, 0.3) is 0 Å². The lowest BCUT2D eigenvalue weighted by atomic mass is 9.72. The van der Waals surface area contributed by atoms with Crippen LogP contribution in [0.5, 0.6) is 0 Å². The van der Waals surface area contributed by atoms with E-state index >= 15 is 0 Å². The third-order valence-corrected chi connectivity index (χ3v) is 7.33. The summed E-state index contributed by atoms with van der Waals surface area (Å²) in [6.45, 7) is 4.20. The maximum atomic E-state index is 13.5. The Balaban J connectivity index is 1.54. The first-order chi connectivity index (χ1) is 15.3. The van der Waals surface area contributed by atoms with E-state index in [1.54, 1.807) is 0 Å². The van der Waals surface area contributed by atoms with Crippen LogP contribution in [0.15, 0.2) is 72.8 Å². The minimum absolute atomic E-state index is 0.0339. The SMILES string of the molecule is CC(NC(=O)C1(C)CCc2ccccc2C1)C(Cc1ccc(Cl)cc1)c1ccc(Cl)cc1. The minimum Gasteiger partial charge on any atom is -0.353 e. The summed E-state index contributed by atoms with van der Waals surface area (Å²) in [5, 5.41) is 4.81. The lowest BCUT2D eigenvalue weighted by Gasteiger charge is -2.36. The lowest BCUT2D eigenvalue weighted by molar-refractivity contribution is -0.131. The van der Waals surface area contributed by atoms with Gasteiger partial charge in [0.05, 0.1) is 5.41 Å². The smallest absolute Gasteiger partial charge is 0.226 e. The second-order valence-electron chi connectivity index (χ2n) is 9.26. The van der Waals surface area contributed by atoms with Crippen LogP contribution in [0.1, 0.15) is 48.4 Å². The van der Waals surface area contributed by atoms with Crippen molar-refractivity contribution >= 4 is 29.1 Å². The Hall–Kier alpha value is -2.29. The highest BCUT2D eigenvalue weighted by Crippen LogP contribution is 2.36. The van der Waals surface area contributed by atoms with Gasteiger partial charge in [-0.25, -0.2) is 0 Å². The number of rotatable bonds is 6. The minimum atomic E-state index is -0.395. The number of aryl methyl sites for hydroxylation is 1. The first kappa shape index (κ1) is 22.9. The Bertz CT molecular complexity index is 1080. The van der Waals surface area contributed by atoms with Crippen LogP contribution in [-0.2, 0) is 24.1 Å². The van der Waals surface area contributed by atoms with Crippen molar-refractivity contribution in [2.75, 3.05) is 0 Å². The average Bonchev–Trinajstić information content (AvgIpc) is 2.79. The van der Waals surface area contributed by atoms with Gasteiger partial charge in [-0.05, 0) is 79.1 Å². The zero-order valence-corrected chi connectivity index (χ0v) is 20.1. The first-order valence-corrected chi connectivity index (χ1v) is 12.0. The van der Waals surface area contributed by atoms with Crippen LogP contribution in [0.3, 0.4) is 0 Å². The van der Waals surface area contributed by atoms with Crippen molar-refractivity contribution in [3.63, 3.8) is 0 Å². The standard InChI is InChI=1S/C28H29Cl2NO/c1-19(31-27(32)28(2)16-15-21-5-3-4-6-23(21)18-28)26(22-9-13-25(30)14-10-22)17-20-7-11-24(29)12-8-20/h3-14,19,26H,15-18H2,1-2H3,(H,31,32). The molecule has 0 heterocycles. The van der Waals surface area contributed by atoms with Crippen LogP contribution in [0.2, 0.25) is 10.0 Å². The maximum absolute atomic E-state index is 13.5. The molecule has 0 bridgehead atoms. The summed E-state index contributed by atoms with van der Waals surface area (Å²) in [5.41, 5.74) is 4.62. The number of amides is 1. The summed E-state index contributed by atoms with van der Waals surface area (Å²) in [4.78, 5) is 13.5. The van der Waals surface area contributed by atoms with Gasteiger partial charge in [0, 0.05) is 22.0 Å². The molecule has 0 fully saturated rings.